The summed E-state index contributed by atoms with van der Waals surface area (Å²) in [5.41, 5.74) is 2.06. The first-order valence-corrected chi connectivity index (χ1v) is 6.86. The molecule has 112 valence electrons. The van der Waals surface area contributed by atoms with Crippen LogP contribution in [-0.4, -0.2) is 18.1 Å². The van der Waals surface area contributed by atoms with E-state index in [1.165, 1.54) is 6.07 Å². The number of nitrogens with zero attached hydrogens (tertiary/aromatic N) is 1. The maximum atomic E-state index is 12.3. The molecule has 1 N–H and O–H groups in total. The van der Waals surface area contributed by atoms with Crippen molar-refractivity contribution in [2.75, 3.05) is 6.54 Å². The molecule has 5 heteroatoms. The van der Waals surface area contributed by atoms with E-state index < -0.39 is 6.61 Å². The van der Waals surface area contributed by atoms with Gasteiger partial charge in [-0.15, -0.1) is 0 Å². The highest BCUT2D eigenvalue weighted by Gasteiger charge is 2.13. The maximum Gasteiger partial charge on any atom is 0.387 e. The first-order valence-electron chi connectivity index (χ1n) is 6.86. The van der Waals surface area contributed by atoms with Gasteiger partial charge in [0.15, 0.2) is 0 Å². The minimum absolute atomic E-state index is 0.0404. The molecule has 0 aliphatic carbocycles. The minimum Gasteiger partial charge on any atom is -0.435 e. The Kier molecular flexibility index (Phi) is 5.63. The normalized spacial score (nSPS) is 12.4. The van der Waals surface area contributed by atoms with Gasteiger partial charge in [-0.3, -0.25) is 4.98 Å². The standard InChI is InChI=1S/C16H18F2N2O/c1-2-20-15(10-12-6-8-19-9-7-12)13-4-3-5-14(11-13)21-16(17)18/h3-9,11,15-16,20H,2,10H2,1H3. The second kappa shape index (κ2) is 7.69. The van der Waals surface area contributed by atoms with Crippen molar-refractivity contribution < 1.29 is 13.5 Å². The van der Waals surface area contributed by atoms with Crippen LogP contribution in [0, 0.1) is 0 Å². The topological polar surface area (TPSA) is 34.2 Å². The molecule has 0 aliphatic heterocycles. The number of benzene rings is 1. The Morgan fingerprint density at radius 1 is 1.19 bits per heavy atom. The third kappa shape index (κ3) is 4.79. The van der Waals surface area contributed by atoms with Crippen LogP contribution in [0.4, 0.5) is 8.78 Å². The number of likely N-dealkylation sites (N-methyl/N-ethyl adjacent to an activating group) is 1. The van der Waals surface area contributed by atoms with Gasteiger partial charge in [0.1, 0.15) is 5.75 Å². The summed E-state index contributed by atoms with van der Waals surface area (Å²) in [4.78, 5) is 3.99. The number of ether oxygens (including phenoxy) is 1. The third-order valence-electron chi connectivity index (χ3n) is 3.13. The molecule has 0 aliphatic rings. The number of hydrogen-bond acceptors (Lipinski definition) is 3. The van der Waals surface area contributed by atoms with E-state index >= 15 is 0 Å². The molecule has 1 aromatic heterocycles. The second-order valence-corrected chi connectivity index (χ2v) is 4.62. The van der Waals surface area contributed by atoms with Gasteiger partial charge in [-0.05, 0) is 48.4 Å². The summed E-state index contributed by atoms with van der Waals surface area (Å²) in [6.45, 7) is -0.00704. The summed E-state index contributed by atoms with van der Waals surface area (Å²) in [7, 11) is 0. The van der Waals surface area contributed by atoms with Gasteiger partial charge in [-0.1, -0.05) is 19.1 Å². The first-order chi connectivity index (χ1) is 10.2. The van der Waals surface area contributed by atoms with E-state index in [0.717, 1.165) is 24.1 Å². The fourth-order valence-electron chi connectivity index (χ4n) is 2.22. The van der Waals surface area contributed by atoms with E-state index in [-0.39, 0.29) is 11.8 Å². The Hall–Kier alpha value is -2.01. The van der Waals surface area contributed by atoms with Crippen molar-refractivity contribution in [3.63, 3.8) is 0 Å². The lowest BCUT2D eigenvalue weighted by atomic mass is 9.99. The number of halogens is 2. The van der Waals surface area contributed by atoms with Gasteiger partial charge in [0, 0.05) is 18.4 Å². The van der Waals surface area contributed by atoms with Crippen LogP contribution in [0.1, 0.15) is 24.1 Å². The Morgan fingerprint density at radius 2 is 1.95 bits per heavy atom. The number of hydrogen-bond donors (Lipinski definition) is 1. The first kappa shape index (κ1) is 15.4. The summed E-state index contributed by atoms with van der Waals surface area (Å²) < 4.78 is 29.1. The third-order valence-corrected chi connectivity index (χ3v) is 3.13. The van der Waals surface area contributed by atoms with Crippen molar-refractivity contribution in [3.8, 4) is 5.75 Å². The summed E-state index contributed by atoms with van der Waals surface area (Å²) in [5, 5.41) is 3.36. The molecule has 0 saturated heterocycles. The molecule has 1 aromatic carbocycles. The lowest BCUT2D eigenvalue weighted by molar-refractivity contribution is -0.0499. The monoisotopic (exact) mass is 292 g/mol. The van der Waals surface area contributed by atoms with Gasteiger partial charge in [0.2, 0.25) is 0 Å². The summed E-state index contributed by atoms with van der Waals surface area (Å²) in [6, 6.07) is 10.8. The zero-order valence-corrected chi connectivity index (χ0v) is 11.8. The van der Waals surface area contributed by atoms with Crippen LogP contribution < -0.4 is 10.1 Å². The predicted octanol–water partition coefficient (Wildman–Crippen LogP) is 3.58. The van der Waals surface area contributed by atoms with Crippen molar-refractivity contribution in [2.24, 2.45) is 0 Å². The van der Waals surface area contributed by atoms with E-state index in [1.807, 2.05) is 25.1 Å². The number of nitrogens with one attached hydrogen (secondary N) is 1. The largest absolute Gasteiger partial charge is 0.435 e. The molecular weight excluding hydrogens is 274 g/mol. The number of pyridine rings is 1. The van der Waals surface area contributed by atoms with Crippen molar-refractivity contribution in [3.05, 3.63) is 59.9 Å². The van der Waals surface area contributed by atoms with Gasteiger partial charge < -0.3 is 10.1 Å². The SMILES string of the molecule is CCNC(Cc1ccncc1)c1cccc(OC(F)F)c1. The van der Waals surface area contributed by atoms with Crippen LogP contribution in [0.15, 0.2) is 48.8 Å². The van der Waals surface area contributed by atoms with Crippen LogP contribution in [0.25, 0.3) is 0 Å². The molecule has 21 heavy (non-hydrogen) atoms. The van der Waals surface area contributed by atoms with E-state index in [4.69, 9.17) is 0 Å². The molecule has 0 amide bonds. The highest BCUT2D eigenvalue weighted by Crippen LogP contribution is 2.23. The van der Waals surface area contributed by atoms with Gasteiger partial charge in [-0.2, -0.15) is 8.78 Å². The van der Waals surface area contributed by atoms with Crippen LogP contribution >= 0.6 is 0 Å². The van der Waals surface area contributed by atoms with Gasteiger partial charge in [0.05, 0.1) is 0 Å². The summed E-state index contributed by atoms with van der Waals surface area (Å²) in [5.74, 6) is 0.181. The zero-order chi connectivity index (χ0) is 15.1. The Bertz CT molecular complexity index is 549. The molecule has 2 aromatic rings. The van der Waals surface area contributed by atoms with Crippen molar-refractivity contribution in [1.82, 2.24) is 10.3 Å². The quantitative estimate of drug-likeness (QED) is 0.847. The van der Waals surface area contributed by atoms with Crippen molar-refractivity contribution >= 4 is 0 Å². The van der Waals surface area contributed by atoms with Gasteiger partial charge in [0.25, 0.3) is 0 Å². The lowest BCUT2D eigenvalue weighted by Gasteiger charge is -2.19. The second-order valence-electron chi connectivity index (χ2n) is 4.62. The summed E-state index contributed by atoms with van der Waals surface area (Å²) >= 11 is 0. The highest BCUT2D eigenvalue weighted by atomic mass is 19.3. The number of alkyl halides is 2. The van der Waals surface area contributed by atoms with Crippen LogP contribution in [-0.2, 0) is 6.42 Å². The lowest BCUT2D eigenvalue weighted by Crippen LogP contribution is -2.23. The van der Waals surface area contributed by atoms with E-state index in [9.17, 15) is 8.78 Å². The Morgan fingerprint density at radius 3 is 2.62 bits per heavy atom. The van der Waals surface area contributed by atoms with E-state index in [2.05, 4.69) is 15.0 Å². The number of aromatic nitrogens is 1. The number of rotatable bonds is 7. The molecule has 0 fully saturated rings. The Balaban J connectivity index is 2.17. The molecule has 2 rings (SSSR count). The summed E-state index contributed by atoms with van der Waals surface area (Å²) in [6.07, 6.45) is 4.25. The molecule has 0 spiro atoms. The maximum absolute atomic E-state index is 12.3. The predicted molar refractivity (Wildman–Crippen MR) is 77.4 cm³/mol. The highest BCUT2D eigenvalue weighted by molar-refractivity contribution is 5.31. The molecule has 1 unspecified atom stereocenters. The van der Waals surface area contributed by atoms with Crippen LogP contribution in [0.3, 0.4) is 0 Å². The Labute approximate surface area is 123 Å². The van der Waals surface area contributed by atoms with Crippen LogP contribution in [0.2, 0.25) is 0 Å². The van der Waals surface area contributed by atoms with E-state index in [1.54, 1.807) is 24.5 Å². The molecule has 0 radical (unpaired) electrons. The molecule has 0 bridgehead atoms. The average molecular weight is 292 g/mol. The molecular formula is C16H18F2N2O. The fourth-order valence-corrected chi connectivity index (χ4v) is 2.22. The minimum atomic E-state index is -2.81. The van der Waals surface area contributed by atoms with Crippen molar-refractivity contribution in [1.29, 1.82) is 0 Å². The van der Waals surface area contributed by atoms with Crippen molar-refractivity contribution in [2.45, 2.75) is 26.0 Å². The van der Waals surface area contributed by atoms with Gasteiger partial charge in [-0.25, -0.2) is 0 Å². The van der Waals surface area contributed by atoms with E-state index in [0.29, 0.717) is 0 Å². The fraction of sp³-hybridized carbons (Fsp3) is 0.312. The molecule has 1 heterocycles. The van der Waals surface area contributed by atoms with Gasteiger partial charge >= 0.3 is 6.61 Å². The smallest absolute Gasteiger partial charge is 0.387 e. The molecule has 3 nitrogen and oxygen atoms in total. The molecule has 0 saturated carbocycles. The average Bonchev–Trinajstić information content (AvgIpc) is 2.47. The molecule has 1 atom stereocenters. The van der Waals surface area contributed by atoms with Crippen LogP contribution in [0.5, 0.6) is 5.75 Å². The zero-order valence-electron chi connectivity index (χ0n) is 11.8.